The standard InChI is InChI=1S/C23H34NOSi/c1-5-12-23(25-26(2,3)4)22-19-24(22,17-20-13-8-6-9-14-20)18-21-15-10-7-11-16-21/h6-11,13-16,22-23H,5,12,17-19H2,1-4H3/q+1/t22-,23+/m1/s1. The predicted octanol–water partition coefficient (Wildman–Crippen LogP) is 5.61. The highest BCUT2D eigenvalue weighted by atomic mass is 28.4. The van der Waals surface area contributed by atoms with Gasteiger partial charge in [0.2, 0.25) is 0 Å². The Morgan fingerprint density at radius 2 is 1.42 bits per heavy atom. The summed E-state index contributed by atoms with van der Waals surface area (Å²) in [6.07, 6.45) is 2.78. The predicted molar refractivity (Wildman–Crippen MR) is 112 cm³/mol. The summed E-state index contributed by atoms with van der Waals surface area (Å²) in [5, 5.41) is 0. The topological polar surface area (TPSA) is 9.23 Å². The molecular weight excluding hydrogens is 334 g/mol. The highest BCUT2D eigenvalue weighted by molar-refractivity contribution is 6.69. The first-order valence-corrected chi connectivity index (χ1v) is 13.4. The average Bonchev–Trinajstić information content (AvgIpc) is 3.28. The zero-order valence-electron chi connectivity index (χ0n) is 16.8. The van der Waals surface area contributed by atoms with Gasteiger partial charge in [-0.25, -0.2) is 0 Å². The lowest BCUT2D eigenvalue weighted by molar-refractivity contribution is -0.844. The van der Waals surface area contributed by atoms with Gasteiger partial charge in [0.15, 0.2) is 14.4 Å². The van der Waals surface area contributed by atoms with Crippen molar-refractivity contribution in [2.24, 2.45) is 0 Å². The lowest BCUT2D eigenvalue weighted by Gasteiger charge is -2.29. The Bertz CT molecular complexity index is 639. The van der Waals surface area contributed by atoms with Gasteiger partial charge in [-0.1, -0.05) is 74.0 Å². The Morgan fingerprint density at radius 1 is 0.923 bits per heavy atom. The second kappa shape index (κ2) is 8.08. The molecular formula is C23H34NOSi+. The van der Waals surface area contributed by atoms with Crippen molar-refractivity contribution in [2.45, 2.75) is 64.6 Å². The number of rotatable bonds is 9. The van der Waals surface area contributed by atoms with Crippen LogP contribution in [0.15, 0.2) is 60.7 Å². The molecule has 140 valence electrons. The van der Waals surface area contributed by atoms with Gasteiger partial charge in [-0.3, -0.25) is 0 Å². The highest BCUT2D eigenvalue weighted by Gasteiger charge is 2.59. The van der Waals surface area contributed by atoms with Gasteiger partial charge in [-0.15, -0.1) is 0 Å². The average molecular weight is 369 g/mol. The van der Waals surface area contributed by atoms with Gasteiger partial charge >= 0.3 is 0 Å². The SMILES string of the molecule is CCC[C@H](O[Si](C)(C)C)[C@H]1C[N+]1(Cc1ccccc1)Cc1ccccc1. The smallest absolute Gasteiger partial charge is 0.184 e. The van der Waals surface area contributed by atoms with Crippen LogP contribution < -0.4 is 0 Å². The van der Waals surface area contributed by atoms with Crippen molar-refractivity contribution in [2.75, 3.05) is 6.54 Å². The van der Waals surface area contributed by atoms with E-state index >= 15 is 0 Å². The molecule has 0 aromatic heterocycles. The van der Waals surface area contributed by atoms with Crippen molar-refractivity contribution < 1.29 is 8.91 Å². The highest BCUT2D eigenvalue weighted by Crippen LogP contribution is 2.41. The fourth-order valence-corrected chi connectivity index (χ4v) is 5.36. The Labute approximate surface area is 160 Å². The first-order chi connectivity index (χ1) is 12.4. The van der Waals surface area contributed by atoms with E-state index in [0.29, 0.717) is 12.1 Å². The molecule has 0 aliphatic carbocycles. The number of hydrogen-bond donors (Lipinski definition) is 0. The van der Waals surface area contributed by atoms with E-state index in [1.807, 2.05) is 0 Å². The second-order valence-electron chi connectivity index (χ2n) is 8.81. The zero-order chi connectivity index (χ0) is 18.6. The first kappa shape index (κ1) is 19.3. The van der Waals surface area contributed by atoms with E-state index in [9.17, 15) is 0 Å². The molecule has 3 heteroatoms. The molecule has 1 aliphatic heterocycles. The fraction of sp³-hybridized carbons (Fsp3) is 0.478. The number of hydrogen-bond acceptors (Lipinski definition) is 1. The van der Waals surface area contributed by atoms with E-state index < -0.39 is 8.32 Å². The molecule has 1 saturated heterocycles. The van der Waals surface area contributed by atoms with Gasteiger partial charge in [0, 0.05) is 11.1 Å². The number of nitrogens with zero attached hydrogens (tertiary/aromatic N) is 1. The molecule has 2 aromatic carbocycles. The molecule has 0 saturated carbocycles. The van der Waals surface area contributed by atoms with E-state index in [1.165, 1.54) is 30.5 Å². The molecule has 1 aliphatic rings. The van der Waals surface area contributed by atoms with Crippen molar-refractivity contribution in [3.63, 3.8) is 0 Å². The Morgan fingerprint density at radius 3 is 1.85 bits per heavy atom. The Hall–Kier alpha value is -1.42. The fourth-order valence-electron chi connectivity index (χ4n) is 4.18. The molecule has 0 bridgehead atoms. The van der Waals surface area contributed by atoms with Gasteiger partial charge in [0.1, 0.15) is 25.7 Å². The normalized spacial score (nSPS) is 19.9. The van der Waals surface area contributed by atoms with Gasteiger partial charge in [-0.2, -0.15) is 0 Å². The summed E-state index contributed by atoms with van der Waals surface area (Å²) in [4.78, 5) is 0. The van der Waals surface area contributed by atoms with Crippen LogP contribution in [0.2, 0.25) is 19.6 Å². The van der Waals surface area contributed by atoms with E-state index in [4.69, 9.17) is 4.43 Å². The summed E-state index contributed by atoms with van der Waals surface area (Å²) in [5.74, 6) is 0. The van der Waals surface area contributed by atoms with Crippen LogP contribution >= 0.6 is 0 Å². The molecule has 0 N–H and O–H groups in total. The lowest BCUT2D eigenvalue weighted by atomic mass is 10.1. The van der Waals surface area contributed by atoms with E-state index in [0.717, 1.165) is 17.6 Å². The van der Waals surface area contributed by atoms with Crippen LogP contribution in [0.4, 0.5) is 0 Å². The van der Waals surface area contributed by atoms with Crippen LogP contribution in [0.25, 0.3) is 0 Å². The molecule has 26 heavy (non-hydrogen) atoms. The van der Waals surface area contributed by atoms with Crippen molar-refractivity contribution in [1.29, 1.82) is 0 Å². The second-order valence-corrected chi connectivity index (χ2v) is 13.3. The maximum Gasteiger partial charge on any atom is 0.184 e. The molecule has 3 rings (SSSR count). The van der Waals surface area contributed by atoms with Crippen LogP contribution in [0.5, 0.6) is 0 Å². The van der Waals surface area contributed by atoms with Gasteiger partial charge < -0.3 is 8.91 Å². The minimum atomic E-state index is -1.54. The quantitative estimate of drug-likeness (QED) is 0.318. The number of benzene rings is 2. The molecule has 2 aromatic rings. The maximum atomic E-state index is 6.66. The van der Waals surface area contributed by atoms with Crippen molar-refractivity contribution in [3.8, 4) is 0 Å². The van der Waals surface area contributed by atoms with Crippen LogP contribution in [0, 0.1) is 0 Å². The van der Waals surface area contributed by atoms with E-state index in [1.54, 1.807) is 0 Å². The minimum absolute atomic E-state index is 0.402. The van der Waals surface area contributed by atoms with Crippen LogP contribution in [0.1, 0.15) is 30.9 Å². The minimum Gasteiger partial charge on any atom is -0.408 e. The van der Waals surface area contributed by atoms with Crippen LogP contribution in [0.3, 0.4) is 0 Å². The molecule has 0 unspecified atom stereocenters. The molecule has 0 spiro atoms. The Kier molecular flexibility index (Phi) is 6.01. The molecule has 0 radical (unpaired) electrons. The third-order valence-corrected chi connectivity index (χ3v) is 6.32. The summed E-state index contributed by atoms with van der Waals surface area (Å²) < 4.78 is 7.80. The van der Waals surface area contributed by atoms with Crippen molar-refractivity contribution in [3.05, 3.63) is 71.8 Å². The summed E-state index contributed by atoms with van der Waals surface area (Å²) in [7, 11) is -1.54. The van der Waals surface area contributed by atoms with Crippen molar-refractivity contribution in [1.82, 2.24) is 0 Å². The molecule has 1 heterocycles. The van der Waals surface area contributed by atoms with E-state index in [2.05, 4.69) is 87.2 Å². The molecule has 2 nitrogen and oxygen atoms in total. The maximum absolute atomic E-state index is 6.66. The van der Waals surface area contributed by atoms with Gasteiger partial charge in [-0.05, 0) is 26.1 Å². The zero-order valence-corrected chi connectivity index (χ0v) is 17.8. The molecule has 2 atom stereocenters. The van der Waals surface area contributed by atoms with Crippen LogP contribution in [-0.4, -0.2) is 31.5 Å². The lowest BCUT2D eigenvalue weighted by Crippen LogP contribution is -2.40. The monoisotopic (exact) mass is 368 g/mol. The van der Waals surface area contributed by atoms with E-state index in [-0.39, 0.29) is 0 Å². The summed E-state index contributed by atoms with van der Waals surface area (Å²) in [5.41, 5.74) is 2.88. The third kappa shape index (κ3) is 5.06. The largest absolute Gasteiger partial charge is 0.408 e. The van der Waals surface area contributed by atoms with Crippen molar-refractivity contribution >= 4 is 8.32 Å². The number of quaternary nitrogens is 1. The Balaban J connectivity index is 1.82. The molecule has 1 fully saturated rings. The molecule has 0 amide bonds. The van der Waals surface area contributed by atoms with Gasteiger partial charge in [0.05, 0.1) is 0 Å². The van der Waals surface area contributed by atoms with Crippen LogP contribution in [-0.2, 0) is 17.5 Å². The summed E-state index contributed by atoms with van der Waals surface area (Å²) in [6.45, 7) is 12.7. The first-order valence-electron chi connectivity index (χ1n) is 10.0. The third-order valence-electron chi connectivity index (χ3n) is 5.31. The summed E-state index contributed by atoms with van der Waals surface area (Å²) in [6, 6.07) is 22.6. The summed E-state index contributed by atoms with van der Waals surface area (Å²) >= 11 is 0. The van der Waals surface area contributed by atoms with Gasteiger partial charge in [0.25, 0.3) is 0 Å².